The fourth-order valence-electron chi connectivity index (χ4n) is 3.25. The number of carbonyl (C=O) groups excluding carboxylic acids is 2. The van der Waals surface area contributed by atoms with E-state index in [1.165, 1.54) is 24.5 Å². The summed E-state index contributed by atoms with van der Waals surface area (Å²) in [5.41, 5.74) is 1.79. The van der Waals surface area contributed by atoms with Crippen LogP contribution in [-0.4, -0.2) is 19.0 Å². The van der Waals surface area contributed by atoms with E-state index in [2.05, 4.69) is 12.2 Å². The largest absolute Gasteiger partial charge is 0.465 e. The second kappa shape index (κ2) is 7.99. The highest BCUT2D eigenvalue weighted by atomic mass is 35.5. The van der Waals surface area contributed by atoms with Crippen molar-refractivity contribution in [3.8, 4) is 0 Å². The van der Waals surface area contributed by atoms with Crippen molar-refractivity contribution in [1.29, 1.82) is 0 Å². The number of hydrogen-bond donors (Lipinski definition) is 1. The lowest BCUT2D eigenvalue weighted by Gasteiger charge is -2.20. The summed E-state index contributed by atoms with van der Waals surface area (Å²) in [5, 5.41) is 4.09. The maximum Gasteiger partial charge on any atom is 0.341 e. The van der Waals surface area contributed by atoms with E-state index in [4.69, 9.17) is 27.9 Å². The van der Waals surface area contributed by atoms with Gasteiger partial charge >= 0.3 is 5.97 Å². The van der Waals surface area contributed by atoms with Crippen molar-refractivity contribution < 1.29 is 14.3 Å². The Bertz CT molecular complexity index is 863. The van der Waals surface area contributed by atoms with Gasteiger partial charge in [0.15, 0.2) is 0 Å². The zero-order chi connectivity index (χ0) is 18.8. The van der Waals surface area contributed by atoms with Crippen LogP contribution in [0.1, 0.15) is 50.9 Å². The molecule has 0 saturated carbocycles. The molecular weight excluding hydrogens is 393 g/mol. The zero-order valence-corrected chi connectivity index (χ0v) is 16.9. The Morgan fingerprint density at radius 3 is 2.77 bits per heavy atom. The van der Waals surface area contributed by atoms with E-state index < -0.39 is 5.97 Å². The molecule has 1 amide bonds. The number of nitrogens with one attached hydrogen (secondary N) is 1. The van der Waals surface area contributed by atoms with Crippen molar-refractivity contribution >= 4 is 51.4 Å². The molecule has 2 aromatic rings. The number of hydrogen-bond acceptors (Lipinski definition) is 4. The summed E-state index contributed by atoms with van der Waals surface area (Å²) in [4.78, 5) is 26.1. The van der Waals surface area contributed by atoms with Gasteiger partial charge in [0.05, 0.1) is 23.3 Å². The van der Waals surface area contributed by atoms with E-state index in [-0.39, 0.29) is 10.9 Å². The lowest BCUT2D eigenvalue weighted by Crippen LogP contribution is -2.16. The Balaban J connectivity index is 1.95. The Hall–Kier alpha value is -1.56. The minimum atomic E-state index is -0.421. The highest BCUT2D eigenvalue weighted by Gasteiger charge is 2.30. The quantitative estimate of drug-likeness (QED) is 0.665. The average Bonchev–Trinajstić information content (AvgIpc) is 2.97. The molecule has 26 heavy (non-hydrogen) atoms. The standard InChI is InChI=1S/C19H19Cl2NO3S/c1-3-10-4-6-13-15(8-10)26-18(16(13)19(24)25-2)22-17(23)12-7-5-11(20)9-14(12)21/h5,7,9-10H,3-4,6,8H2,1-2H3,(H,22,23). The van der Waals surface area contributed by atoms with Crippen molar-refractivity contribution in [1.82, 2.24) is 0 Å². The van der Waals surface area contributed by atoms with Gasteiger partial charge < -0.3 is 10.1 Å². The summed E-state index contributed by atoms with van der Waals surface area (Å²) in [7, 11) is 1.35. The molecule has 1 unspecified atom stereocenters. The molecule has 0 saturated heterocycles. The fraction of sp³-hybridized carbons (Fsp3) is 0.368. The molecule has 1 heterocycles. The Morgan fingerprint density at radius 1 is 1.35 bits per heavy atom. The minimum absolute atomic E-state index is 0.266. The lowest BCUT2D eigenvalue weighted by atomic mass is 9.85. The first-order chi connectivity index (χ1) is 12.4. The number of carbonyl (C=O) groups is 2. The maximum absolute atomic E-state index is 12.7. The number of benzene rings is 1. The molecule has 0 spiro atoms. The Labute approximate surface area is 166 Å². The lowest BCUT2D eigenvalue weighted by molar-refractivity contribution is 0.0601. The van der Waals surface area contributed by atoms with Gasteiger partial charge in [0.1, 0.15) is 5.00 Å². The Morgan fingerprint density at radius 2 is 2.12 bits per heavy atom. The van der Waals surface area contributed by atoms with Crippen LogP contribution in [0.3, 0.4) is 0 Å². The van der Waals surface area contributed by atoms with Gasteiger partial charge in [-0.05, 0) is 48.9 Å². The fourth-order valence-corrected chi connectivity index (χ4v) is 5.09. The summed E-state index contributed by atoms with van der Waals surface area (Å²) >= 11 is 13.5. The van der Waals surface area contributed by atoms with Gasteiger partial charge in [0.2, 0.25) is 0 Å². The van der Waals surface area contributed by atoms with Gasteiger partial charge in [-0.3, -0.25) is 4.79 Å². The highest BCUT2D eigenvalue weighted by Crippen LogP contribution is 2.41. The number of halogens is 2. The highest BCUT2D eigenvalue weighted by molar-refractivity contribution is 7.17. The normalized spacial score (nSPS) is 16.1. The average molecular weight is 412 g/mol. The van der Waals surface area contributed by atoms with Gasteiger partial charge in [-0.25, -0.2) is 4.79 Å². The van der Waals surface area contributed by atoms with Gasteiger partial charge in [-0.15, -0.1) is 11.3 Å². The van der Waals surface area contributed by atoms with Crippen LogP contribution in [0.5, 0.6) is 0 Å². The maximum atomic E-state index is 12.7. The third-order valence-electron chi connectivity index (χ3n) is 4.74. The third-order valence-corrected chi connectivity index (χ3v) is 6.45. The number of methoxy groups -OCH3 is 1. The molecule has 0 fully saturated rings. The first-order valence-electron chi connectivity index (χ1n) is 8.43. The summed E-state index contributed by atoms with van der Waals surface area (Å²) < 4.78 is 4.95. The third kappa shape index (κ3) is 3.75. The second-order valence-electron chi connectivity index (χ2n) is 6.29. The summed E-state index contributed by atoms with van der Waals surface area (Å²) in [6, 6.07) is 4.69. The van der Waals surface area contributed by atoms with E-state index in [0.29, 0.717) is 27.1 Å². The van der Waals surface area contributed by atoms with Crippen LogP contribution in [0.25, 0.3) is 0 Å². The predicted molar refractivity (Wildman–Crippen MR) is 106 cm³/mol. The van der Waals surface area contributed by atoms with E-state index in [1.54, 1.807) is 12.1 Å². The number of amides is 1. The smallest absolute Gasteiger partial charge is 0.341 e. The molecule has 0 radical (unpaired) electrons. The molecule has 1 aliphatic rings. The van der Waals surface area contributed by atoms with Crippen molar-refractivity contribution in [2.24, 2.45) is 5.92 Å². The molecule has 3 rings (SSSR count). The van der Waals surface area contributed by atoms with Crippen LogP contribution in [0.15, 0.2) is 18.2 Å². The summed E-state index contributed by atoms with van der Waals surface area (Å²) in [5.74, 6) is -0.182. The molecule has 1 aliphatic carbocycles. The molecule has 4 nitrogen and oxygen atoms in total. The molecule has 0 aliphatic heterocycles. The molecule has 0 bridgehead atoms. The summed E-state index contributed by atoms with van der Waals surface area (Å²) in [6.07, 6.45) is 3.90. The monoisotopic (exact) mass is 411 g/mol. The molecule has 138 valence electrons. The summed E-state index contributed by atoms with van der Waals surface area (Å²) in [6.45, 7) is 2.18. The number of esters is 1. The van der Waals surface area contributed by atoms with Crippen LogP contribution < -0.4 is 5.32 Å². The topological polar surface area (TPSA) is 55.4 Å². The van der Waals surface area contributed by atoms with Gasteiger partial charge in [-0.1, -0.05) is 36.5 Å². The van der Waals surface area contributed by atoms with E-state index in [9.17, 15) is 9.59 Å². The molecule has 1 aromatic heterocycles. The number of thiophene rings is 1. The van der Waals surface area contributed by atoms with Crippen molar-refractivity contribution in [2.45, 2.75) is 32.6 Å². The SMILES string of the molecule is CCC1CCc2c(sc(NC(=O)c3ccc(Cl)cc3Cl)c2C(=O)OC)C1. The van der Waals surface area contributed by atoms with E-state index in [0.717, 1.165) is 36.1 Å². The van der Waals surface area contributed by atoms with E-state index in [1.807, 2.05) is 0 Å². The van der Waals surface area contributed by atoms with Crippen LogP contribution in [0.4, 0.5) is 5.00 Å². The van der Waals surface area contributed by atoms with Crippen LogP contribution in [0, 0.1) is 5.92 Å². The first-order valence-corrected chi connectivity index (χ1v) is 10.0. The van der Waals surface area contributed by atoms with Crippen LogP contribution in [-0.2, 0) is 17.6 Å². The first kappa shape index (κ1) is 19.2. The number of rotatable bonds is 4. The van der Waals surface area contributed by atoms with Gasteiger partial charge in [0.25, 0.3) is 5.91 Å². The van der Waals surface area contributed by atoms with Crippen molar-refractivity contribution in [3.63, 3.8) is 0 Å². The number of ether oxygens (including phenoxy) is 1. The van der Waals surface area contributed by atoms with Crippen LogP contribution >= 0.6 is 34.5 Å². The molecule has 7 heteroatoms. The minimum Gasteiger partial charge on any atom is -0.465 e. The number of fused-ring (bicyclic) bond motifs is 1. The van der Waals surface area contributed by atoms with E-state index >= 15 is 0 Å². The zero-order valence-electron chi connectivity index (χ0n) is 14.5. The second-order valence-corrected chi connectivity index (χ2v) is 8.24. The molecule has 1 aromatic carbocycles. The Kier molecular flexibility index (Phi) is 5.90. The van der Waals surface area contributed by atoms with Crippen molar-refractivity contribution in [2.75, 3.05) is 12.4 Å². The van der Waals surface area contributed by atoms with Gasteiger partial charge in [-0.2, -0.15) is 0 Å². The molecule has 1 atom stereocenters. The van der Waals surface area contributed by atoms with Crippen molar-refractivity contribution in [3.05, 3.63) is 49.8 Å². The predicted octanol–water partition coefficient (Wildman–Crippen LogP) is 5.61. The van der Waals surface area contributed by atoms with Crippen LogP contribution in [0.2, 0.25) is 10.0 Å². The number of anilines is 1. The molecular formula is C19H19Cl2NO3S. The van der Waals surface area contributed by atoms with Gasteiger partial charge in [0, 0.05) is 9.90 Å². The molecule has 1 N–H and O–H groups in total.